The lowest BCUT2D eigenvalue weighted by molar-refractivity contribution is 0.0603. The van der Waals surface area contributed by atoms with Gasteiger partial charge < -0.3 is 4.74 Å². The molecular weight excluding hydrogens is 192 g/mol. The molecule has 0 radical (unpaired) electrons. The molecule has 0 unspecified atom stereocenters. The molecule has 0 aliphatic heterocycles. The van der Waals surface area contributed by atoms with Gasteiger partial charge in [0.2, 0.25) is 0 Å². The third kappa shape index (κ3) is 1.48. The predicted octanol–water partition coefficient (Wildman–Crippen LogP) is 1.91. The smallest absolute Gasteiger partial charge is 0.338 e. The van der Waals surface area contributed by atoms with E-state index in [4.69, 9.17) is 4.74 Å². The highest BCUT2D eigenvalue weighted by Crippen LogP contribution is 2.21. The number of aryl methyl sites for hydroxylation is 1. The van der Waals surface area contributed by atoms with Crippen LogP contribution in [0.1, 0.15) is 23.0 Å². The summed E-state index contributed by atoms with van der Waals surface area (Å²) in [6.07, 6.45) is 0.786. The first-order valence-corrected chi connectivity index (χ1v) is 4.82. The van der Waals surface area contributed by atoms with E-state index in [0.29, 0.717) is 5.56 Å². The minimum atomic E-state index is -0.322. The van der Waals surface area contributed by atoms with Gasteiger partial charge in [-0.3, -0.25) is 5.10 Å². The molecule has 78 valence electrons. The Morgan fingerprint density at radius 3 is 3.00 bits per heavy atom. The maximum Gasteiger partial charge on any atom is 0.338 e. The van der Waals surface area contributed by atoms with E-state index in [1.165, 1.54) is 7.11 Å². The zero-order chi connectivity index (χ0) is 10.8. The van der Waals surface area contributed by atoms with Crippen molar-refractivity contribution in [1.82, 2.24) is 10.2 Å². The van der Waals surface area contributed by atoms with Crippen molar-refractivity contribution >= 4 is 16.9 Å². The van der Waals surface area contributed by atoms with Gasteiger partial charge in [-0.2, -0.15) is 5.10 Å². The van der Waals surface area contributed by atoms with Crippen LogP contribution < -0.4 is 0 Å². The molecule has 15 heavy (non-hydrogen) atoms. The largest absolute Gasteiger partial charge is 0.465 e. The van der Waals surface area contributed by atoms with Crippen LogP contribution in [0.5, 0.6) is 0 Å². The highest BCUT2D eigenvalue weighted by atomic mass is 16.5. The normalized spacial score (nSPS) is 10.5. The Hall–Kier alpha value is -1.84. The van der Waals surface area contributed by atoms with Crippen LogP contribution in [0.4, 0.5) is 0 Å². The van der Waals surface area contributed by atoms with Crippen molar-refractivity contribution in [2.75, 3.05) is 7.11 Å². The number of nitrogens with zero attached hydrogens (tertiary/aromatic N) is 1. The topological polar surface area (TPSA) is 55.0 Å². The quantitative estimate of drug-likeness (QED) is 0.760. The van der Waals surface area contributed by atoms with Gasteiger partial charge in [0.1, 0.15) is 0 Å². The molecule has 4 heteroatoms. The molecule has 4 nitrogen and oxygen atoms in total. The number of esters is 1. The summed E-state index contributed by atoms with van der Waals surface area (Å²) >= 11 is 0. The van der Waals surface area contributed by atoms with Gasteiger partial charge in [0.25, 0.3) is 0 Å². The highest BCUT2D eigenvalue weighted by molar-refractivity contribution is 6.04. The van der Waals surface area contributed by atoms with Crippen LogP contribution in [-0.4, -0.2) is 23.3 Å². The molecular formula is C11H12N2O2. The summed E-state index contributed by atoms with van der Waals surface area (Å²) in [5.74, 6) is -0.322. The van der Waals surface area contributed by atoms with Crippen molar-refractivity contribution < 1.29 is 9.53 Å². The lowest BCUT2D eigenvalue weighted by atomic mass is 10.1. The Morgan fingerprint density at radius 1 is 1.53 bits per heavy atom. The van der Waals surface area contributed by atoms with E-state index in [9.17, 15) is 4.79 Å². The Morgan fingerprint density at radius 2 is 2.33 bits per heavy atom. The molecule has 1 N–H and O–H groups in total. The summed E-state index contributed by atoms with van der Waals surface area (Å²) in [5, 5.41) is 7.93. The third-order valence-electron chi connectivity index (χ3n) is 2.40. The van der Waals surface area contributed by atoms with Crippen molar-refractivity contribution in [3.8, 4) is 0 Å². The molecule has 0 saturated heterocycles. The molecule has 1 aromatic heterocycles. The molecule has 0 amide bonds. The van der Waals surface area contributed by atoms with Crippen LogP contribution >= 0.6 is 0 Å². The van der Waals surface area contributed by atoms with E-state index in [2.05, 4.69) is 10.2 Å². The first-order chi connectivity index (χ1) is 7.27. The monoisotopic (exact) mass is 204 g/mol. The second kappa shape index (κ2) is 3.73. The van der Waals surface area contributed by atoms with Crippen molar-refractivity contribution in [2.24, 2.45) is 0 Å². The fourth-order valence-electron chi connectivity index (χ4n) is 1.68. The zero-order valence-corrected chi connectivity index (χ0v) is 8.70. The first-order valence-electron chi connectivity index (χ1n) is 4.82. The van der Waals surface area contributed by atoms with Crippen LogP contribution in [0, 0.1) is 0 Å². The summed E-state index contributed by atoms with van der Waals surface area (Å²) in [6.45, 7) is 2.00. The number of H-pyrrole nitrogens is 1. The van der Waals surface area contributed by atoms with Gasteiger partial charge >= 0.3 is 5.97 Å². The lowest BCUT2D eigenvalue weighted by Crippen LogP contribution is -2.02. The minimum Gasteiger partial charge on any atom is -0.465 e. The van der Waals surface area contributed by atoms with Crippen molar-refractivity contribution in [3.05, 3.63) is 29.5 Å². The van der Waals surface area contributed by atoms with Crippen LogP contribution in [-0.2, 0) is 11.2 Å². The zero-order valence-electron chi connectivity index (χ0n) is 8.70. The van der Waals surface area contributed by atoms with Crippen LogP contribution in [0.15, 0.2) is 18.2 Å². The van der Waals surface area contributed by atoms with Gasteiger partial charge in [0.05, 0.1) is 23.9 Å². The standard InChI is InChI=1S/C11H12N2O2/c1-3-8-10-7(11(14)15-2)5-4-6-9(10)13-12-8/h4-6H,3H2,1-2H3,(H,12,13). The molecule has 2 aromatic rings. The van der Waals surface area contributed by atoms with Gasteiger partial charge in [-0.25, -0.2) is 4.79 Å². The summed E-state index contributed by atoms with van der Waals surface area (Å²) in [6, 6.07) is 5.46. The molecule has 0 saturated carbocycles. The van der Waals surface area contributed by atoms with E-state index in [0.717, 1.165) is 23.0 Å². The SMILES string of the molecule is CCc1n[nH]c2cccc(C(=O)OC)c12. The van der Waals surface area contributed by atoms with Gasteiger partial charge in [-0.15, -0.1) is 0 Å². The van der Waals surface area contributed by atoms with E-state index in [1.54, 1.807) is 6.07 Å². The number of hydrogen-bond donors (Lipinski definition) is 1. The average Bonchev–Trinajstić information content (AvgIpc) is 2.70. The van der Waals surface area contributed by atoms with Gasteiger partial charge in [-0.1, -0.05) is 13.0 Å². The Kier molecular flexibility index (Phi) is 2.41. The molecule has 0 spiro atoms. The Labute approximate surface area is 87.2 Å². The predicted molar refractivity (Wildman–Crippen MR) is 56.8 cm³/mol. The number of nitrogens with one attached hydrogen (secondary N) is 1. The number of fused-ring (bicyclic) bond motifs is 1. The van der Waals surface area contributed by atoms with Gasteiger partial charge in [-0.05, 0) is 18.6 Å². The summed E-state index contributed by atoms with van der Waals surface area (Å²) in [4.78, 5) is 11.5. The highest BCUT2D eigenvalue weighted by Gasteiger charge is 2.14. The van der Waals surface area contributed by atoms with Gasteiger partial charge in [0, 0.05) is 5.39 Å². The van der Waals surface area contributed by atoms with E-state index >= 15 is 0 Å². The summed E-state index contributed by atoms with van der Waals surface area (Å²) in [7, 11) is 1.38. The number of ether oxygens (including phenoxy) is 1. The number of carbonyl (C=O) groups excluding carboxylic acids is 1. The number of carbonyl (C=O) groups is 1. The van der Waals surface area contributed by atoms with E-state index in [1.807, 2.05) is 19.1 Å². The number of rotatable bonds is 2. The molecule has 0 atom stereocenters. The second-order valence-electron chi connectivity index (χ2n) is 3.24. The van der Waals surface area contributed by atoms with Crippen molar-refractivity contribution in [2.45, 2.75) is 13.3 Å². The van der Waals surface area contributed by atoms with Crippen LogP contribution in [0.2, 0.25) is 0 Å². The first kappa shape index (κ1) is 9.71. The maximum atomic E-state index is 11.5. The number of benzene rings is 1. The number of hydrogen-bond acceptors (Lipinski definition) is 3. The molecule has 0 fully saturated rings. The number of aromatic amines is 1. The summed E-state index contributed by atoms with van der Waals surface area (Å²) < 4.78 is 4.73. The molecule has 0 bridgehead atoms. The van der Waals surface area contributed by atoms with Crippen LogP contribution in [0.3, 0.4) is 0 Å². The fourth-order valence-corrected chi connectivity index (χ4v) is 1.68. The Balaban J connectivity index is 2.72. The molecule has 0 aliphatic rings. The van der Waals surface area contributed by atoms with Crippen molar-refractivity contribution in [3.63, 3.8) is 0 Å². The lowest BCUT2D eigenvalue weighted by Gasteiger charge is -2.01. The number of methoxy groups -OCH3 is 1. The third-order valence-corrected chi connectivity index (χ3v) is 2.40. The Bertz CT molecular complexity index is 502. The maximum absolute atomic E-state index is 11.5. The van der Waals surface area contributed by atoms with Crippen molar-refractivity contribution in [1.29, 1.82) is 0 Å². The fraction of sp³-hybridized carbons (Fsp3) is 0.273. The van der Waals surface area contributed by atoms with Gasteiger partial charge in [0.15, 0.2) is 0 Å². The van der Waals surface area contributed by atoms with E-state index in [-0.39, 0.29) is 5.97 Å². The van der Waals surface area contributed by atoms with E-state index < -0.39 is 0 Å². The number of aromatic nitrogens is 2. The second-order valence-corrected chi connectivity index (χ2v) is 3.24. The molecule has 0 aliphatic carbocycles. The molecule has 1 aromatic carbocycles. The van der Waals surface area contributed by atoms with Crippen LogP contribution in [0.25, 0.3) is 10.9 Å². The molecule has 1 heterocycles. The average molecular weight is 204 g/mol. The molecule has 2 rings (SSSR count). The summed E-state index contributed by atoms with van der Waals surface area (Å²) in [5.41, 5.74) is 2.33. The minimum absolute atomic E-state index is 0.322.